The van der Waals surface area contributed by atoms with Crippen molar-refractivity contribution in [1.29, 1.82) is 0 Å². The number of nitrogens with one attached hydrogen (secondary N) is 2. The second-order valence-corrected chi connectivity index (χ2v) is 6.95. The van der Waals surface area contributed by atoms with Gasteiger partial charge in [-0.05, 0) is 24.6 Å². The van der Waals surface area contributed by atoms with E-state index in [1.807, 2.05) is 25.1 Å². The van der Waals surface area contributed by atoms with Gasteiger partial charge in [-0.1, -0.05) is 29.8 Å². The fourth-order valence-electron chi connectivity index (χ4n) is 3.10. The zero-order valence-corrected chi connectivity index (χ0v) is 15.7. The number of anilines is 1. The number of hydrogen-bond donors (Lipinski definition) is 2. The van der Waals surface area contributed by atoms with E-state index in [4.69, 9.17) is 11.6 Å². The van der Waals surface area contributed by atoms with E-state index in [0.717, 1.165) is 5.56 Å². The Hall–Kier alpha value is -2.64. The minimum Gasteiger partial charge on any atom is -0.380 e. The van der Waals surface area contributed by atoms with Crippen molar-refractivity contribution in [3.8, 4) is 0 Å². The van der Waals surface area contributed by atoms with Crippen molar-refractivity contribution < 1.29 is 9.72 Å². The molecular weight excluding hydrogens is 368 g/mol. The van der Waals surface area contributed by atoms with Crippen LogP contribution in [0.1, 0.15) is 22.8 Å². The minimum atomic E-state index is -0.491. The summed E-state index contributed by atoms with van der Waals surface area (Å²) in [6.07, 6.45) is 0. The van der Waals surface area contributed by atoms with Crippen LogP contribution >= 0.6 is 11.6 Å². The molecule has 0 bridgehead atoms. The molecule has 1 saturated heterocycles. The van der Waals surface area contributed by atoms with E-state index < -0.39 is 4.92 Å². The standard InChI is InChI=1S/C19H21ClN4O3/c1-13-12-23(9-8-21-13)19(25)16-10-15(24(26)27)6-7-18(16)22-11-14-4-2-3-5-17(14)20/h2-7,10,13,21-22H,8-9,11-12H2,1H3/t13-/m1/s1. The van der Waals surface area contributed by atoms with Gasteiger partial charge in [0, 0.05) is 55.1 Å². The van der Waals surface area contributed by atoms with Gasteiger partial charge in [-0.3, -0.25) is 14.9 Å². The van der Waals surface area contributed by atoms with Crippen molar-refractivity contribution in [2.45, 2.75) is 19.5 Å². The average molecular weight is 389 g/mol. The molecule has 2 N–H and O–H groups in total. The van der Waals surface area contributed by atoms with Crippen LogP contribution in [-0.2, 0) is 6.54 Å². The summed E-state index contributed by atoms with van der Waals surface area (Å²) >= 11 is 6.19. The fraction of sp³-hybridized carbons (Fsp3) is 0.316. The molecule has 2 aromatic rings. The normalized spacial score (nSPS) is 16.8. The van der Waals surface area contributed by atoms with Crippen LogP contribution in [-0.4, -0.2) is 41.4 Å². The number of nitro groups is 1. The Morgan fingerprint density at radius 2 is 2.15 bits per heavy atom. The van der Waals surface area contributed by atoms with Gasteiger partial charge < -0.3 is 15.5 Å². The molecule has 0 radical (unpaired) electrons. The quantitative estimate of drug-likeness (QED) is 0.606. The third-order valence-electron chi connectivity index (χ3n) is 4.53. The van der Waals surface area contributed by atoms with Gasteiger partial charge >= 0.3 is 0 Å². The van der Waals surface area contributed by atoms with E-state index in [-0.39, 0.29) is 17.6 Å². The maximum absolute atomic E-state index is 13.0. The van der Waals surface area contributed by atoms with E-state index in [1.54, 1.807) is 17.0 Å². The van der Waals surface area contributed by atoms with E-state index in [9.17, 15) is 14.9 Å². The highest BCUT2D eigenvalue weighted by molar-refractivity contribution is 6.31. The van der Waals surface area contributed by atoms with Crippen molar-refractivity contribution in [3.05, 3.63) is 68.7 Å². The lowest BCUT2D eigenvalue weighted by Crippen LogP contribution is -2.51. The second-order valence-electron chi connectivity index (χ2n) is 6.54. The van der Waals surface area contributed by atoms with Gasteiger partial charge in [-0.25, -0.2) is 0 Å². The number of carbonyl (C=O) groups is 1. The fourth-order valence-corrected chi connectivity index (χ4v) is 3.30. The van der Waals surface area contributed by atoms with Gasteiger partial charge in [-0.2, -0.15) is 0 Å². The maximum Gasteiger partial charge on any atom is 0.270 e. The van der Waals surface area contributed by atoms with Gasteiger partial charge in [-0.15, -0.1) is 0 Å². The van der Waals surface area contributed by atoms with Gasteiger partial charge in [0.15, 0.2) is 0 Å². The topological polar surface area (TPSA) is 87.5 Å². The molecule has 1 heterocycles. The Morgan fingerprint density at radius 3 is 2.85 bits per heavy atom. The Balaban J connectivity index is 1.87. The monoisotopic (exact) mass is 388 g/mol. The molecule has 1 aliphatic heterocycles. The van der Waals surface area contributed by atoms with Crippen LogP contribution in [0.5, 0.6) is 0 Å². The molecule has 2 aromatic carbocycles. The molecule has 0 aliphatic carbocycles. The summed E-state index contributed by atoms with van der Waals surface area (Å²) in [6, 6.07) is 11.9. The number of benzene rings is 2. The molecule has 0 saturated carbocycles. The first-order valence-corrected chi connectivity index (χ1v) is 9.12. The maximum atomic E-state index is 13.0. The summed E-state index contributed by atoms with van der Waals surface area (Å²) in [5, 5.41) is 18.3. The highest BCUT2D eigenvalue weighted by Gasteiger charge is 2.25. The molecule has 1 fully saturated rings. The minimum absolute atomic E-state index is 0.107. The lowest BCUT2D eigenvalue weighted by atomic mass is 10.1. The number of nitro benzene ring substituents is 1. The average Bonchev–Trinajstić information content (AvgIpc) is 2.66. The summed E-state index contributed by atoms with van der Waals surface area (Å²) in [5.74, 6) is -0.214. The van der Waals surface area contributed by atoms with Crippen LogP contribution in [0.25, 0.3) is 0 Å². The highest BCUT2D eigenvalue weighted by Crippen LogP contribution is 2.25. The van der Waals surface area contributed by atoms with E-state index in [1.165, 1.54) is 12.1 Å². The first kappa shape index (κ1) is 19.1. The van der Waals surface area contributed by atoms with Crippen molar-refractivity contribution >= 4 is 28.9 Å². The highest BCUT2D eigenvalue weighted by atomic mass is 35.5. The van der Waals surface area contributed by atoms with Gasteiger partial charge in [0.2, 0.25) is 0 Å². The van der Waals surface area contributed by atoms with Crippen LogP contribution in [0, 0.1) is 10.1 Å². The molecule has 142 valence electrons. The van der Waals surface area contributed by atoms with Crippen LogP contribution in [0.4, 0.5) is 11.4 Å². The number of piperazine rings is 1. The summed E-state index contributed by atoms with van der Waals surface area (Å²) in [4.78, 5) is 25.4. The van der Waals surface area contributed by atoms with E-state index in [2.05, 4.69) is 10.6 Å². The first-order valence-electron chi connectivity index (χ1n) is 8.74. The molecule has 27 heavy (non-hydrogen) atoms. The smallest absolute Gasteiger partial charge is 0.270 e. The lowest BCUT2D eigenvalue weighted by molar-refractivity contribution is -0.384. The molecule has 3 rings (SSSR count). The van der Waals surface area contributed by atoms with Gasteiger partial charge in [0.1, 0.15) is 0 Å². The van der Waals surface area contributed by atoms with E-state index in [0.29, 0.717) is 42.5 Å². The predicted octanol–water partition coefficient (Wildman–Crippen LogP) is 3.29. The molecular formula is C19H21ClN4O3. The van der Waals surface area contributed by atoms with Crippen LogP contribution < -0.4 is 10.6 Å². The van der Waals surface area contributed by atoms with Crippen molar-refractivity contribution in [3.63, 3.8) is 0 Å². The largest absolute Gasteiger partial charge is 0.380 e. The molecule has 0 spiro atoms. The molecule has 1 amide bonds. The van der Waals surface area contributed by atoms with Crippen LogP contribution in [0.15, 0.2) is 42.5 Å². The van der Waals surface area contributed by atoms with Crippen molar-refractivity contribution in [2.24, 2.45) is 0 Å². The van der Waals surface area contributed by atoms with E-state index >= 15 is 0 Å². The molecule has 8 heteroatoms. The van der Waals surface area contributed by atoms with Gasteiger partial charge in [0.25, 0.3) is 11.6 Å². The Kier molecular flexibility index (Phi) is 5.93. The number of non-ortho nitro benzene ring substituents is 1. The zero-order valence-electron chi connectivity index (χ0n) is 14.9. The number of halogens is 1. The Morgan fingerprint density at radius 1 is 1.37 bits per heavy atom. The van der Waals surface area contributed by atoms with Crippen LogP contribution in [0.3, 0.4) is 0 Å². The second kappa shape index (κ2) is 8.37. The SMILES string of the molecule is C[C@@H]1CN(C(=O)c2cc([N+](=O)[O-])ccc2NCc2ccccc2Cl)CCN1. The van der Waals surface area contributed by atoms with Crippen molar-refractivity contribution in [2.75, 3.05) is 25.0 Å². The third kappa shape index (κ3) is 4.56. The molecule has 1 atom stereocenters. The van der Waals surface area contributed by atoms with Crippen molar-refractivity contribution in [1.82, 2.24) is 10.2 Å². The number of hydrogen-bond acceptors (Lipinski definition) is 5. The summed E-state index contributed by atoms with van der Waals surface area (Å²) < 4.78 is 0. The molecule has 7 nitrogen and oxygen atoms in total. The number of nitrogens with zero attached hydrogens (tertiary/aromatic N) is 2. The summed E-state index contributed by atoms with van der Waals surface area (Å²) in [7, 11) is 0. The Bertz CT molecular complexity index is 859. The lowest BCUT2D eigenvalue weighted by Gasteiger charge is -2.32. The number of carbonyl (C=O) groups excluding carboxylic acids is 1. The number of amides is 1. The first-order chi connectivity index (χ1) is 13.0. The molecule has 0 aromatic heterocycles. The molecule has 0 unspecified atom stereocenters. The zero-order chi connectivity index (χ0) is 19.4. The Labute approximate surface area is 162 Å². The summed E-state index contributed by atoms with van der Waals surface area (Å²) in [6.45, 7) is 4.24. The summed E-state index contributed by atoms with van der Waals surface area (Å²) in [5.41, 5.74) is 1.62. The van der Waals surface area contributed by atoms with Gasteiger partial charge in [0.05, 0.1) is 10.5 Å². The van der Waals surface area contributed by atoms with Crippen LogP contribution in [0.2, 0.25) is 5.02 Å². The number of rotatable bonds is 5. The molecule has 1 aliphatic rings. The third-order valence-corrected chi connectivity index (χ3v) is 4.90. The predicted molar refractivity (Wildman–Crippen MR) is 105 cm³/mol.